The monoisotopic (exact) mass is 397 g/mol. The zero-order valence-corrected chi connectivity index (χ0v) is 17.9. The highest BCUT2D eigenvalue weighted by atomic mass is 16.5. The SMILES string of the molecule is CCCCc1ccc(C(=O)OCCCCCNCc2ccccc2)cc1OCC. The van der Waals surface area contributed by atoms with Crippen molar-refractivity contribution in [3.8, 4) is 5.75 Å². The molecule has 0 unspecified atom stereocenters. The molecule has 2 rings (SSSR count). The molecular weight excluding hydrogens is 362 g/mol. The Labute approximate surface area is 175 Å². The summed E-state index contributed by atoms with van der Waals surface area (Å²) in [5.41, 5.74) is 3.03. The van der Waals surface area contributed by atoms with Crippen LogP contribution in [0.2, 0.25) is 0 Å². The van der Waals surface area contributed by atoms with Gasteiger partial charge >= 0.3 is 5.97 Å². The molecule has 0 saturated carbocycles. The summed E-state index contributed by atoms with van der Waals surface area (Å²) in [6, 6.07) is 16.1. The Balaban J connectivity index is 1.64. The zero-order valence-electron chi connectivity index (χ0n) is 17.9. The van der Waals surface area contributed by atoms with Crippen LogP contribution in [0.25, 0.3) is 0 Å². The normalized spacial score (nSPS) is 10.7. The van der Waals surface area contributed by atoms with Crippen LogP contribution in [0, 0.1) is 0 Å². The van der Waals surface area contributed by atoms with Crippen molar-refractivity contribution in [2.24, 2.45) is 0 Å². The van der Waals surface area contributed by atoms with Gasteiger partial charge in [0, 0.05) is 6.54 Å². The fraction of sp³-hybridized carbons (Fsp3) is 0.480. The molecule has 0 heterocycles. The van der Waals surface area contributed by atoms with E-state index in [1.165, 1.54) is 5.56 Å². The summed E-state index contributed by atoms with van der Waals surface area (Å²) in [6.45, 7) is 7.05. The van der Waals surface area contributed by atoms with Gasteiger partial charge < -0.3 is 14.8 Å². The molecule has 0 bridgehead atoms. The number of carbonyl (C=O) groups is 1. The third-order valence-corrected chi connectivity index (χ3v) is 4.81. The summed E-state index contributed by atoms with van der Waals surface area (Å²) in [5, 5.41) is 3.44. The van der Waals surface area contributed by atoms with Crippen molar-refractivity contribution in [1.29, 1.82) is 0 Å². The van der Waals surface area contributed by atoms with Crippen LogP contribution in [-0.2, 0) is 17.7 Å². The highest BCUT2D eigenvalue weighted by Gasteiger charge is 2.11. The summed E-state index contributed by atoms with van der Waals surface area (Å²) in [4.78, 5) is 12.3. The van der Waals surface area contributed by atoms with Crippen molar-refractivity contribution in [2.75, 3.05) is 19.8 Å². The summed E-state index contributed by atoms with van der Waals surface area (Å²) < 4.78 is 11.2. The van der Waals surface area contributed by atoms with Crippen LogP contribution in [0.5, 0.6) is 5.75 Å². The third-order valence-electron chi connectivity index (χ3n) is 4.81. The van der Waals surface area contributed by atoms with E-state index < -0.39 is 0 Å². The van der Waals surface area contributed by atoms with Crippen LogP contribution in [-0.4, -0.2) is 25.7 Å². The lowest BCUT2D eigenvalue weighted by Gasteiger charge is -2.12. The Bertz CT molecular complexity index is 715. The minimum atomic E-state index is -0.268. The van der Waals surface area contributed by atoms with Gasteiger partial charge in [0.2, 0.25) is 0 Å². The van der Waals surface area contributed by atoms with Crippen LogP contribution in [0.15, 0.2) is 48.5 Å². The number of benzene rings is 2. The van der Waals surface area contributed by atoms with Crippen molar-refractivity contribution in [3.63, 3.8) is 0 Å². The van der Waals surface area contributed by atoms with Crippen molar-refractivity contribution in [1.82, 2.24) is 5.32 Å². The highest BCUT2D eigenvalue weighted by Crippen LogP contribution is 2.23. The lowest BCUT2D eigenvalue weighted by Crippen LogP contribution is -2.14. The maximum absolute atomic E-state index is 12.3. The van der Waals surface area contributed by atoms with E-state index in [0.29, 0.717) is 18.8 Å². The number of ether oxygens (including phenoxy) is 2. The van der Waals surface area contributed by atoms with Gasteiger partial charge in [-0.2, -0.15) is 0 Å². The van der Waals surface area contributed by atoms with Gasteiger partial charge in [-0.05, 0) is 68.8 Å². The average Bonchev–Trinajstić information content (AvgIpc) is 2.75. The quantitative estimate of drug-likeness (QED) is 0.336. The molecule has 4 heteroatoms. The van der Waals surface area contributed by atoms with Gasteiger partial charge in [-0.3, -0.25) is 0 Å². The first kappa shape index (κ1) is 23.0. The molecule has 4 nitrogen and oxygen atoms in total. The zero-order chi connectivity index (χ0) is 20.7. The molecule has 0 aromatic heterocycles. The molecule has 1 N–H and O–H groups in total. The minimum absolute atomic E-state index is 0.268. The van der Waals surface area contributed by atoms with Gasteiger partial charge in [-0.1, -0.05) is 49.7 Å². The molecule has 158 valence electrons. The second-order valence-electron chi connectivity index (χ2n) is 7.22. The fourth-order valence-electron chi connectivity index (χ4n) is 3.15. The summed E-state index contributed by atoms with van der Waals surface area (Å²) in [6.07, 6.45) is 6.21. The number of esters is 1. The standard InChI is InChI=1S/C25H35NO3/c1-3-5-14-22-15-16-23(19-24(22)28-4-2)25(27)29-18-11-7-10-17-26-20-21-12-8-6-9-13-21/h6,8-9,12-13,15-16,19,26H,3-5,7,10-11,14,17-18,20H2,1-2H3. The summed E-state index contributed by atoms with van der Waals surface area (Å²) >= 11 is 0. The van der Waals surface area contributed by atoms with Gasteiger partial charge in [-0.15, -0.1) is 0 Å². The minimum Gasteiger partial charge on any atom is -0.494 e. The average molecular weight is 398 g/mol. The van der Waals surface area contributed by atoms with Crippen molar-refractivity contribution < 1.29 is 14.3 Å². The van der Waals surface area contributed by atoms with E-state index in [4.69, 9.17) is 9.47 Å². The lowest BCUT2D eigenvalue weighted by molar-refractivity contribution is 0.0497. The Morgan fingerprint density at radius 2 is 1.79 bits per heavy atom. The maximum atomic E-state index is 12.3. The summed E-state index contributed by atoms with van der Waals surface area (Å²) in [7, 11) is 0. The first-order valence-electron chi connectivity index (χ1n) is 10.9. The second kappa shape index (κ2) is 13.8. The second-order valence-corrected chi connectivity index (χ2v) is 7.22. The number of unbranched alkanes of at least 4 members (excludes halogenated alkanes) is 3. The molecule has 0 saturated heterocycles. The fourth-order valence-corrected chi connectivity index (χ4v) is 3.15. The molecule has 0 fully saturated rings. The predicted molar refractivity (Wildman–Crippen MR) is 119 cm³/mol. The Kier molecular flexibility index (Phi) is 10.9. The Morgan fingerprint density at radius 3 is 2.55 bits per heavy atom. The molecule has 2 aromatic rings. The Hall–Kier alpha value is -2.33. The van der Waals surface area contributed by atoms with E-state index in [2.05, 4.69) is 36.5 Å². The first-order chi connectivity index (χ1) is 14.2. The lowest BCUT2D eigenvalue weighted by atomic mass is 10.0. The number of hydrogen-bond donors (Lipinski definition) is 1. The molecule has 0 spiro atoms. The van der Waals surface area contributed by atoms with E-state index >= 15 is 0 Å². The predicted octanol–water partition coefficient (Wildman–Crippen LogP) is 5.54. The molecule has 0 aliphatic rings. The van der Waals surface area contributed by atoms with Crippen LogP contribution in [0.3, 0.4) is 0 Å². The molecule has 0 amide bonds. The van der Waals surface area contributed by atoms with E-state index in [1.54, 1.807) is 0 Å². The van der Waals surface area contributed by atoms with Crippen LogP contribution < -0.4 is 10.1 Å². The molecule has 0 atom stereocenters. The molecule has 0 aliphatic heterocycles. The van der Waals surface area contributed by atoms with Crippen LogP contribution in [0.4, 0.5) is 0 Å². The largest absolute Gasteiger partial charge is 0.494 e. The highest BCUT2D eigenvalue weighted by molar-refractivity contribution is 5.90. The van der Waals surface area contributed by atoms with E-state index in [9.17, 15) is 4.79 Å². The van der Waals surface area contributed by atoms with E-state index in [0.717, 1.165) is 62.9 Å². The Morgan fingerprint density at radius 1 is 0.966 bits per heavy atom. The van der Waals surface area contributed by atoms with Crippen LogP contribution >= 0.6 is 0 Å². The number of nitrogens with one attached hydrogen (secondary N) is 1. The van der Waals surface area contributed by atoms with Crippen molar-refractivity contribution >= 4 is 5.97 Å². The van der Waals surface area contributed by atoms with E-state index in [1.807, 2.05) is 31.2 Å². The van der Waals surface area contributed by atoms with Crippen molar-refractivity contribution in [2.45, 2.75) is 58.9 Å². The topological polar surface area (TPSA) is 47.6 Å². The number of hydrogen-bond acceptors (Lipinski definition) is 4. The van der Waals surface area contributed by atoms with Gasteiger partial charge in [0.15, 0.2) is 0 Å². The third kappa shape index (κ3) is 8.70. The number of rotatable bonds is 14. The molecule has 0 aliphatic carbocycles. The molecule has 0 radical (unpaired) electrons. The van der Waals surface area contributed by atoms with E-state index in [-0.39, 0.29) is 5.97 Å². The van der Waals surface area contributed by atoms with Crippen molar-refractivity contribution in [3.05, 3.63) is 65.2 Å². The summed E-state index contributed by atoms with van der Waals surface area (Å²) in [5.74, 6) is 0.537. The first-order valence-corrected chi connectivity index (χ1v) is 10.9. The number of carbonyl (C=O) groups excluding carboxylic acids is 1. The molecular formula is C25H35NO3. The van der Waals surface area contributed by atoms with Gasteiger partial charge in [0.05, 0.1) is 18.8 Å². The smallest absolute Gasteiger partial charge is 0.338 e. The van der Waals surface area contributed by atoms with Crippen LogP contribution in [0.1, 0.15) is 67.4 Å². The molecule has 2 aromatic carbocycles. The van der Waals surface area contributed by atoms with Gasteiger partial charge in [0.25, 0.3) is 0 Å². The molecule has 29 heavy (non-hydrogen) atoms. The number of aryl methyl sites for hydroxylation is 1. The maximum Gasteiger partial charge on any atom is 0.338 e. The van der Waals surface area contributed by atoms with Gasteiger partial charge in [0.1, 0.15) is 5.75 Å². The van der Waals surface area contributed by atoms with Gasteiger partial charge in [-0.25, -0.2) is 4.79 Å².